The van der Waals surface area contributed by atoms with Gasteiger partial charge >= 0.3 is 0 Å². The van der Waals surface area contributed by atoms with Crippen molar-refractivity contribution in [3.05, 3.63) is 34.3 Å². The molecule has 0 aliphatic carbocycles. The normalized spacial score (nSPS) is 27.8. The van der Waals surface area contributed by atoms with E-state index in [0.717, 1.165) is 23.0 Å². The van der Waals surface area contributed by atoms with E-state index in [9.17, 15) is 5.11 Å². The van der Waals surface area contributed by atoms with Crippen molar-refractivity contribution in [1.82, 2.24) is 5.32 Å². The maximum absolute atomic E-state index is 9.66. The molecule has 0 saturated carbocycles. The lowest BCUT2D eigenvalue weighted by molar-refractivity contribution is 0.160. The topological polar surface area (TPSA) is 32.3 Å². The molecular weight excluding hydrogens is 230 g/mol. The molecule has 1 aromatic rings. The highest BCUT2D eigenvalue weighted by Gasteiger charge is 2.25. The summed E-state index contributed by atoms with van der Waals surface area (Å²) < 4.78 is 1.06. The van der Waals surface area contributed by atoms with E-state index in [1.165, 1.54) is 0 Å². The van der Waals surface area contributed by atoms with Crippen LogP contribution >= 0.6 is 15.9 Å². The molecule has 1 saturated heterocycles. The number of halogens is 1. The molecule has 2 N–H and O–H groups in total. The van der Waals surface area contributed by atoms with Crippen LogP contribution in [0.15, 0.2) is 28.7 Å². The van der Waals surface area contributed by atoms with Gasteiger partial charge in [-0.15, -0.1) is 0 Å². The Morgan fingerprint density at radius 1 is 1.46 bits per heavy atom. The second kappa shape index (κ2) is 3.78. The zero-order valence-electron chi connectivity index (χ0n) is 7.20. The molecule has 0 radical (unpaired) electrons. The van der Waals surface area contributed by atoms with Crippen LogP contribution in [-0.4, -0.2) is 17.8 Å². The van der Waals surface area contributed by atoms with Crippen LogP contribution < -0.4 is 5.32 Å². The summed E-state index contributed by atoms with van der Waals surface area (Å²) in [5.41, 5.74) is 1.15. The minimum atomic E-state index is -0.241. The van der Waals surface area contributed by atoms with Gasteiger partial charge in [0.1, 0.15) is 0 Å². The average molecular weight is 242 g/mol. The number of aliphatic hydroxyl groups excluding tert-OH is 1. The fourth-order valence-electron chi connectivity index (χ4n) is 1.73. The van der Waals surface area contributed by atoms with Gasteiger partial charge in [0.15, 0.2) is 0 Å². The van der Waals surface area contributed by atoms with E-state index in [2.05, 4.69) is 21.2 Å². The number of benzene rings is 1. The first-order valence-corrected chi connectivity index (χ1v) is 5.23. The van der Waals surface area contributed by atoms with Gasteiger partial charge < -0.3 is 10.4 Å². The molecule has 0 aromatic heterocycles. The number of hydrogen-bond donors (Lipinski definition) is 2. The summed E-state index contributed by atoms with van der Waals surface area (Å²) >= 11 is 3.42. The van der Waals surface area contributed by atoms with Crippen molar-refractivity contribution in [2.24, 2.45) is 0 Å². The van der Waals surface area contributed by atoms with Gasteiger partial charge in [-0.1, -0.05) is 28.1 Å². The molecule has 0 unspecified atom stereocenters. The molecule has 3 heteroatoms. The molecule has 1 fully saturated rings. The van der Waals surface area contributed by atoms with Crippen LogP contribution in [0.25, 0.3) is 0 Å². The van der Waals surface area contributed by atoms with Crippen LogP contribution in [0.4, 0.5) is 0 Å². The number of aliphatic hydroxyl groups is 1. The van der Waals surface area contributed by atoms with E-state index in [1.54, 1.807) is 0 Å². The molecule has 0 bridgehead atoms. The van der Waals surface area contributed by atoms with Gasteiger partial charge in [0.25, 0.3) is 0 Å². The van der Waals surface area contributed by atoms with Gasteiger partial charge in [-0.25, -0.2) is 0 Å². The van der Waals surface area contributed by atoms with Gasteiger partial charge in [0.2, 0.25) is 0 Å². The summed E-state index contributed by atoms with van der Waals surface area (Å²) in [5, 5.41) is 12.9. The Bertz CT molecular complexity index is 303. The molecule has 2 nitrogen and oxygen atoms in total. The second-order valence-electron chi connectivity index (χ2n) is 3.34. The van der Waals surface area contributed by atoms with E-state index in [-0.39, 0.29) is 12.1 Å². The second-order valence-corrected chi connectivity index (χ2v) is 4.26. The molecule has 2 atom stereocenters. The minimum absolute atomic E-state index is 0.109. The summed E-state index contributed by atoms with van der Waals surface area (Å²) in [6.45, 7) is 0.901. The molecule has 0 spiro atoms. The maximum atomic E-state index is 9.66. The quantitative estimate of drug-likeness (QED) is 0.787. The summed E-state index contributed by atoms with van der Waals surface area (Å²) in [6.07, 6.45) is 0.603. The predicted octanol–water partition coefficient (Wildman–Crippen LogP) is 1.84. The molecule has 1 aromatic carbocycles. The fraction of sp³-hybridized carbons (Fsp3) is 0.400. The van der Waals surface area contributed by atoms with E-state index < -0.39 is 0 Å². The first-order chi connectivity index (χ1) is 6.27. The van der Waals surface area contributed by atoms with Crippen molar-refractivity contribution in [1.29, 1.82) is 0 Å². The maximum Gasteiger partial charge on any atom is 0.0747 e. The smallest absolute Gasteiger partial charge is 0.0747 e. The first kappa shape index (κ1) is 9.19. The Morgan fingerprint density at radius 2 is 2.31 bits per heavy atom. The monoisotopic (exact) mass is 241 g/mol. The molecular formula is C10H12BrNO. The third kappa shape index (κ3) is 1.93. The Morgan fingerprint density at radius 3 is 2.92 bits per heavy atom. The summed E-state index contributed by atoms with van der Waals surface area (Å²) in [6, 6.07) is 8.18. The molecule has 70 valence electrons. The van der Waals surface area contributed by atoms with Gasteiger partial charge in [0, 0.05) is 4.47 Å². The fourth-order valence-corrected chi connectivity index (χ4v) is 2.15. The molecule has 1 aliphatic rings. The Balaban J connectivity index is 2.24. The van der Waals surface area contributed by atoms with Crippen molar-refractivity contribution < 1.29 is 5.11 Å². The number of nitrogens with one attached hydrogen (secondary N) is 1. The summed E-state index contributed by atoms with van der Waals surface area (Å²) in [7, 11) is 0. The Labute approximate surface area is 86.1 Å². The van der Waals surface area contributed by atoms with Gasteiger partial charge in [0.05, 0.1) is 12.1 Å². The average Bonchev–Trinajstić information content (AvgIpc) is 2.51. The summed E-state index contributed by atoms with van der Waals surface area (Å²) in [5.74, 6) is 0. The Hall–Kier alpha value is -0.380. The van der Waals surface area contributed by atoms with Crippen molar-refractivity contribution >= 4 is 15.9 Å². The molecule has 0 amide bonds. The first-order valence-electron chi connectivity index (χ1n) is 4.44. The van der Waals surface area contributed by atoms with Crippen molar-refractivity contribution in [2.75, 3.05) is 6.54 Å². The largest absolute Gasteiger partial charge is 0.391 e. The SMILES string of the molecule is O[C@H]1CCN[C@@H]1c1cccc(Br)c1. The van der Waals surface area contributed by atoms with Crippen molar-refractivity contribution in [3.8, 4) is 0 Å². The van der Waals surface area contributed by atoms with Gasteiger partial charge in [-0.3, -0.25) is 0 Å². The van der Waals surface area contributed by atoms with Crippen LogP contribution in [-0.2, 0) is 0 Å². The van der Waals surface area contributed by atoms with Crippen molar-refractivity contribution in [2.45, 2.75) is 18.6 Å². The van der Waals surface area contributed by atoms with E-state index in [1.807, 2.05) is 24.3 Å². The highest BCUT2D eigenvalue weighted by Crippen LogP contribution is 2.25. The third-order valence-corrected chi connectivity index (χ3v) is 2.89. The molecule has 2 rings (SSSR count). The van der Waals surface area contributed by atoms with Crippen LogP contribution in [0.5, 0.6) is 0 Å². The van der Waals surface area contributed by atoms with Crippen molar-refractivity contribution in [3.63, 3.8) is 0 Å². The highest BCUT2D eigenvalue weighted by molar-refractivity contribution is 9.10. The zero-order chi connectivity index (χ0) is 9.26. The Kier molecular flexibility index (Phi) is 2.67. The van der Waals surface area contributed by atoms with E-state index in [0.29, 0.717) is 0 Å². The van der Waals surface area contributed by atoms with Crippen LogP contribution in [0.2, 0.25) is 0 Å². The third-order valence-electron chi connectivity index (χ3n) is 2.40. The lowest BCUT2D eigenvalue weighted by Crippen LogP contribution is -2.20. The predicted molar refractivity (Wildman–Crippen MR) is 55.5 cm³/mol. The molecule has 13 heavy (non-hydrogen) atoms. The van der Waals surface area contributed by atoms with Crippen LogP contribution in [0.3, 0.4) is 0 Å². The standard InChI is InChI=1S/C10H12BrNO/c11-8-3-1-2-7(6-8)10-9(13)4-5-12-10/h1-3,6,9-10,12-13H,4-5H2/t9-,10+/m0/s1. The lowest BCUT2D eigenvalue weighted by atomic mass is 10.0. The lowest BCUT2D eigenvalue weighted by Gasteiger charge is -2.15. The van der Waals surface area contributed by atoms with Crippen LogP contribution in [0.1, 0.15) is 18.0 Å². The molecule has 1 heterocycles. The highest BCUT2D eigenvalue weighted by atomic mass is 79.9. The minimum Gasteiger partial charge on any atom is -0.391 e. The molecule has 1 aliphatic heterocycles. The van der Waals surface area contributed by atoms with E-state index in [4.69, 9.17) is 0 Å². The zero-order valence-corrected chi connectivity index (χ0v) is 8.79. The van der Waals surface area contributed by atoms with E-state index >= 15 is 0 Å². The van der Waals surface area contributed by atoms with Gasteiger partial charge in [-0.05, 0) is 30.7 Å². The summed E-state index contributed by atoms with van der Waals surface area (Å²) in [4.78, 5) is 0. The number of rotatable bonds is 1. The van der Waals surface area contributed by atoms with Crippen LogP contribution in [0, 0.1) is 0 Å². The van der Waals surface area contributed by atoms with Gasteiger partial charge in [-0.2, -0.15) is 0 Å². The number of hydrogen-bond acceptors (Lipinski definition) is 2.